The number of hydrogen-bond donors (Lipinski definition) is 1. The second-order valence-electron chi connectivity index (χ2n) is 7.55. The van der Waals surface area contributed by atoms with Gasteiger partial charge in [0.1, 0.15) is 6.61 Å². The number of carbonyl (C=O) groups is 2. The summed E-state index contributed by atoms with van der Waals surface area (Å²) < 4.78 is 5.04. The Hall–Kier alpha value is -2.08. The Morgan fingerprint density at radius 3 is 2.65 bits per heavy atom. The number of benzene rings is 1. The number of amides is 2. The Labute approximate surface area is 154 Å². The van der Waals surface area contributed by atoms with Gasteiger partial charge in [-0.1, -0.05) is 18.2 Å². The van der Waals surface area contributed by atoms with Gasteiger partial charge in [0.05, 0.1) is 6.54 Å². The van der Waals surface area contributed by atoms with Crippen molar-refractivity contribution in [1.29, 1.82) is 0 Å². The monoisotopic (exact) mass is 357 g/mol. The summed E-state index contributed by atoms with van der Waals surface area (Å²) in [5.41, 5.74) is 2.01. The largest absolute Gasteiger partial charge is 0.448 e. The van der Waals surface area contributed by atoms with E-state index in [4.69, 9.17) is 4.74 Å². The molecule has 2 amide bonds. The second kappa shape index (κ2) is 7.66. The van der Waals surface area contributed by atoms with Crippen LogP contribution in [-0.2, 0) is 11.2 Å². The molecule has 6 nitrogen and oxygen atoms in total. The van der Waals surface area contributed by atoms with Gasteiger partial charge in [0, 0.05) is 24.7 Å². The molecule has 1 aromatic rings. The van der Waals surface area contributed by atoms with Crippen molar-refractivity contribution in [2.24, 2.45) is 5.92 Å². The van der Waals surface area contributed by atoms with E-state index in [2.05, 4.69) is 11.4 Å². The van der Waals surface area contributed by atoms with Crippen LogP contribution in [0.1, 0.15) is 35.2 Å². The van der Waals surface area contributed by atoms with Crippen molar-refractivity contribution in [3.8, 4) is 0 Å². The van der Waals surface area contributed by atoms with Crippen LogP contribution in [0.3, 0.4) is 0 Å². The number of nitrogens with one attached hydrogen (secondary N) is 1. The minimum atomic E-state index is -0.203. The number of likely N-dealkylation sites (tertiary alicyclic amines) is 1. The quantitative estimate of drug-likeness (QED) is 0.894. The lowest BCUT2D eigenvalue weighted by Crippen LogP contribution is -2.47. The molecule has 0 saturated carbocycles. The molecule has 3 aliphatic rings. The Kier molecular flexibility index (Phi) is 5.11. The molecule has 1 atom stereocenters. The predicted molar refractivity (Wildman–Crippen MR) is 98.1 cm³/mol. The summed E-state index contributed by atoms with van der Waals surface area (Å²) in [4.78, 5) is 28.6. The van der Waals surface area contributed by atoms with Gasteiger partial charge >= 0.3 is 6.09 Å². The van der Waals surface area contributed by atoms with Gasteiger partial charge in [-0.2, -0.15) is 0 Å². The Bertz CT molecular complexity index is 664. The molecule has 1 unspecified atom stereocenters. The molecule has 3 aliphatic heterocycles. The number of rotatable bonds is 4. The Morgan fingerprint density at radius 2 is 1.96 bits per heavy atom. The van der Waals surface area contributed by atoms with E-state index in [0.29, 0.717) is 32.2 Å². The van der Waals surface area contributed by atoms with Crippen LogP contribution in [0.15, 0.2) is 24.3 Å². The molecule has 1 N–H and O–H groups in total. The van der Waals surface area contributed by atoms with Crippen LogP contribution in [0.2, 0.25) is 0 Å². The van der Waals surface area contributed by atoms with Gasteiger partial charge in [-0.15, -0.1) is 0 Å². The van der Waals surface area contributed by atoms with Crippen LogP contribution < -0.4 is 5.32 Å². The van der Waals surface area contributed by atoms with Crippen LogP contribution in [0.4, 0.5) is 4.79 Å². The van der Waals surface area contributed by atoms with Gasteiger partial charge < -0.3 is 19.9 Å². The van der Waals surface area contributed by atoms with E-state index >= 15 is 0 Å². The molecule has 0 aliphatic carbocycles. The third-order valence-corrected chi connectivity index (χ3v) is 5.90. The molecule has 6 heteroatoms. The fraction of sp³-hybridized carbons (Fsp3) is 0.600. The van der Waals surface area contributed by atoms with Crippen molar-refractivity contribution in [3.63, 3.8) is 0 Å². The van der Waals surface area contributed by atoms with Crippen LogP contribution in [0.25, 0.3) is 0 Å². The van der Waals surface area contributed by atoms with E-state index in [1.54, 1.807) is 0 Å². The highest BCUT2D eigenvalue weighted by molar-refractivity contribution is 5.95. The summed E-state index contributed by atoms with van der Waals surface area (Å²) in [6, 6.07) is 8.24. The summed E-state index contributed by atoms with van der Waals surface area (Å²) >= 11 is 0. The standard InChI is InChI=1S/C20H27N3O3/c24-19(18-4-2-1-3-16(18)13-15-5-8-21-14-15)22-9-6-17(7-10-22)23-11-12-26-20(23)25/h1-4,15,17,21H,5-14H2. The molecular weight excluding hydrogens is 330 g/mol. The third-order valence-electron chi connectivity index (χ3n) is 5.90. The maximum Gasteiger partial charge on any atom is 0.410 e. The maximum atomic E-state index is 13.1. The fourth-order valence-corrected chi connectivity index (χ4v) is 4.39. The predicted octanol–water partition coefficient (Wildman–Crippen LogP) is 1.90. The molecule has 3 heterocycles. The van der Waals surface area contributed by atoms with E-state index < -0.39 is 0 Å². The highest BCUT2D eigenvalue weighted by atomic mass is 16.6. The molecule has 3 fully saturated rings. The van der Waals surface area contributed by atoms with Gasteiger partial charge in [0.2, 0.25) is 0 Å². The fourth-order valence-electron chi connectivity index (χ4n) is 4.39. The van der Waals surface area contributed by atoms with E-state index in [1.807, 2.05) is 28.0 Å². The molecule has 3 saturated heterocycles. The van der Waals surface area contributed by atoms with Crippen molar-refractivity contribution in [3.05, 3.63) is 35.4 Å². The average Bonchev–Trinajstić information content (AvgIpc) is 3.33. The van der Waals surface area contributed by atoms with E-state index in [1.165, 1.54) is 6.42 Å². The molecule has 26 heavy (non-hydrogen) atoms. The van der Waals surface area contributed by atoms with E-state index in [9.17, 15) is 9.59 Å². The second-order valence-corrected chi connectivity index (χ2v) is 7.55. The Morgan fingerprint density at radius 1 is 1.15 bits per heavy atom. The molecule has 0 bridgehead atoms. The van der Waals surface area contributed by atoms with Gasteiger partial charge in [0.25, 0.3) is 5.91 Å². The normalized spacial score (nSPS) is 24.2. The number of cyclic esters (lactones) is 1. The lowest BCUT2D eigenvalue weighted by Gasteiger charge is -2.35. The maximum absolute atomic E-state index is 13.1. The first-order valence-electron chi connectivity index (χ1n) is 9.73. The third kappa shape index (κ3) is 3.56. The molecule has 1 aromatic carbocycles. The highest BCUT2D eigenvalue weighted by Crippen LogP contribution is 2.24. The minimum Gasteiger partial charge on any atom is -0.448 e. The smallest absolute Gasteiger partial charge is 0.410 e. The summed E-state index contributed by atoms with van der Waals surface area (Å²) in [6.45, 7) is 4.68. The first-order chi connectivity index (χ1) is 12.7. The van der Waals surface area contributed by atoms with Gasteiger partial charge in [-0.3, -0.25) is 4.79 Å². The summed E-state index contributed by atoms with van der Waals surface area (Å²) in [6.07, 6.45) is 3.60. The number of carbonyl (C=O) groups excluding carboxylic acids is 2. The van der Waals surface area contributed by atoms with Crippen molar-refractivity contribution in [1.82, 2.24) is 15.1 Å². The molecular formula is C20H27N3O3. The summed E-state index contributed by atoms with van der Waals surface area (Å²) in [5, 5.41) is 3.40. The zero-order valence-corrected chi connectivity index (χ0v) is 15.2. The van der Waals surface area contributed by atoms with Crippen molar-refractivity contribution >= 4 is 12.0 Å². The van der Waals surface area contributed by atoms with Gasteiger partial charge in [-0.05, 0) is 56.3 Å². The highest BCUT2D eigenvalue weighted by Gasteiger charge is 2.33. The lowest BCUT2D eigenvalue weighted by atomic mass is 9.94. The molecule has 0 aromatic heterocycles. The summed E-state index contributed by atoms with van der Waals surface area (Å²) in [7, 11) is 0. The van der Waals surface area contributed by atoms with E-state index in [0.717, 1.165) is 43.5 Å². The van der Waals surface area contributed by atoms with Crippen molar-refractivity contribution in [2.45, 2.75) is 31.7 Å². The molecule has 0 spiro atoms. The van der Waals surface area contributed by atoms with Gasteiger partial charge in [0.15, 0.2) is 0 Å². The van der Waals surface area contributed by atoms with Crippen molar-refractivity contribution < 1.29 is 14.3 Å². The number of nitrogens with zero attached hydrogens (tertiary/aromatic N) is 2. The number of hydrogen-bond acceptors (Lipinski definition) is 4. The minimum absolute atomic E-state index is 0.133. The van der Waals surface area contributed by atoms with E-state index in [-0.39, 0.29) is 18.0 Å². The van der Waals surface area contributed by atoms with Crippen LogP contribution in [-0.4, -0.2) is 67.2 Å². The summed E-state index contributed by atoms with van der Waals surface area (Å²) in [5.74, 6) is 0.755. The van der Waals surface area contributed by atoms with Crippen molar-refractivity contribution in [2.75, 3.05) is 39.3 Å². The first kappa shape index (κ1) is 17.3. The molecule has 0 radical (unpaired) electrons. The molecule has 4 rings (SSSR count). The number of piperidine rings is 1. The molecule has 140 valence electrons. The van der Waals surface area contributed by atoms with Gasteiger partial charge in [-0.25, -0.2) is 4.79 Å². The average molecular weight is 357 g/mol. The van der Waals surface area contributed by atoms with Crippen LogP contribution in [0.5, 0.6) is 0 Å². The Balaban J connectivity index is 1.40. The zero-order valence-electron chi connectivity index (χ0n) is 15.2. The SMILES string of the molecule is O=C(c1ccccc1CC1CCNC1)N1CCC(N2CCOC2=O)CC1. The zero-order chi connectivity index (χ0) is 17.9. The number of ether oxygens (including phenoxy) is 1. The van der Waals surface area contributed by atoms with Crippen LogP contribution in [0, 0.1) is 5.92 Å². The first-order valence-corrected chi connectivity index (χ1v) is 9.73. The van der Waals surface area contributed by atoms with Crippen LogP contribution >= 0.6 is 0 Å². The lowest BCUT2D eigenvalue weighted by molar-refractivity contribution is 0.0657. The topological polar surface area (TPSA) is 61.9 Å².